The molecule has 0 atom stereocenters. The van der Waals surface area contributed by atoms with Gasteiger partial charge in [-0.2, -0.15) is 0 Å². The third-order valence-electron chi connectivity index (χ3n) is 8.01. The highest BCUT2D eigenvalue weighted by molar-refractivity contribution is 5.37. The molecule has 180 valence electrons. The Morgan fingerprint density at radius 1 is 0.647 bits per heavy atom. The SMILES string of the molecule is CC(C)(C)c1ccc(CCCCC2CCC(C(O)(c3ccccc3)c3ccccc3)CC2)cc1. The fourth-order valence-corrected chi connectivity index (χ4v) is 5.83. The summed E-state index contributed by atoms with van der Waals surface area (Å²) >= 11 is 0. The normalized spacial score (nSPS) is 19.2. The van der Waals surface area contributed by atoms with E-state index in [0.29, 0.717) is 0 Å². The molecule has 0 unspecified atom stereocenters. The van der Waals surface area contributed by atoms with Crippen LogP contribution >= 0.6 is 0 Å². The van der Waals surface area contributed by atoms with Crippen molar-refractivity contribution >= 4 is 0 Å². The summed E-state index contributed by atoms with van der Waals surface area (Å²) < 4.78 is 0. The van der Waals surface area contributed by atoms with E-state index in [1.165, 1.54) is 49.7 Å². The summed E-state index contributed by atoms with van der Waals surface area (Å²) in [6.07, 6.45) is 9.73. The molecule has 1 fully saturated rings. The minimum absolute atomic E-state index is 0.227. The topological polar surface area (TPSA) is 20.2 Å². The van der Waals surface area contributed by atoms with E-state index in [1.807, 2.05) is 36.4 Å². The Morgan fingerprint density at radius 3 is 1.68 bits per heavy atom. The molecule has 0 bridgehead atoms. The molecule has 1 N–H and O–H groups in total. The van der Waals surface area contributed by atoms with Crippen LogP contribution in [0.1, 0.15) is 88.0 Å². The van der Waals surface area contributed by atoms with Gasteiger partial charge in [-0.05, 0) is 65.2 Å². The van der Waals surface area contributed by atoms with E-state index in [-0.39, 0.29) is 11.3 Å². The lowest BCUT2D eigenvalue weighted by Crippen LogP contribution is -2.38. The molecule has 3 aromatic carbocycles. The summed E-state index contributed by atoms with van der Waals surface area (Å²) in [6, 6.07) is 29.9. The molecule has 3 aromatic rings. The van der Waals surface area contributed by atoms with E-state index in [1.54, 1.807) is 0 Å². The van der Waals surface area contributed by atoms with Crippen molar-refractivity contribution in [1.29, 1.82) is 0 Å². The first-order chi connectivity index (χ1) is 16.4. The minimum Gasteiger partial charge on any atom is -0.380 e. The third kappa shape index (κ3) is 5.81. The zero-order chi connectivity index (χ0) is 24.0. The van der Waals surface area contributed by atoms with Crippen LogP contribution in [0.5, 0.6) is 0 Å². The van der Waals surface area contributed by atoms with Gasteiger partial charge < -0.3 is 5.11 Å². The molecule has 0 aliphatic heterocycles. The summed E-state index contributed by atoms with van der Waals surface area (Å²) in [7, 11) is 0. The molecule has 0 amide bonds. The standard InChI is InChI=1S/C33H42O/c1-32(2,3)28-22-18-26(19-23-28)12-10-11-13-27-20-24-31(25-21-27)33(34,29-14-6-4-7-15-29)30-16-8-5-9-17-30/h4-9,14-19,22-23,27,31,34H,10-13,20-21,24-25H2,1-3H3. The summed E-state index contributed by atoms with van der Waals surface area (Å²) in [6.45, 7) is 6.83. The highest BCUT2D eigenvalue weighted by Gasteiger charge is 2.41. The van der Waals surface area contributed by atoms with Gasteiger partial charge in [-0.1, -0.05) is 131 Å². The van der Waals surface area contributed by atoms with Crippen LogP contribution in [-0.4, -0.2) is 5.11 Å². The van der Waals surface area contributed by atoms with Crippen LogP contribution in [0.3, 0.4) is 0 Å². The van der Waals surface area contributed by atoms with Crippen molar-refractivity contribution in [2.75, 3.05) is 0 Å². The average Bonchev–Trinajstić information content (AvgIpc) is 2.87. The molecule has 0 aromatic heterocycles. The van der Waals surface area contributed by atoms with E-state index >= 15 is 0 Å². The van der Waals surface area contributed by atoms with E-state index in [9.17, 15) is 5.11 Å². The molecule has 1 saturated carbocycles. The highest BCUT2D eigenvalue weighted by Crippen LogP contribution is 2.45. The van der Waals surface area contributed by atoms with Gasteiger partial charge in [0, 0.05) is 0 Å². The predicted molar refractivity (Wildman–Crippen MR) is 144 cm³/mol. The zero-order valence-electron chi connectivity index (χ0n) is 21.3. The fraction of sp³-hybridized carbons (Fsp3) is 0.455. The first kappa shape index (κ1) is 24.7. The van der Waals surface area contributed by atoms with Gasteiger partial charge >= 0.3 is 0 Å². The van der Waals surface area contributed by atoms with Gasteiger partial charge in [0.2, 0.25) is 0 Å². The average molecular weight is 455 g/mol. The Kier molecular flexibility index (Phi) is 7.94. The van der Waals surface area contributed by atoms with Crippen molar-refractivity contribution in [2.24, 2.45) is 11.8 Å². The zero-order valence-corrected chi connectivity index (χ0v) is 21.3. The smallest absolute Gasteiger partial charge is 0.117 e. The molecule has 1 aliphatic carbocycles. The van der Waals surface area contributed by atoms with E-state index < -0.39 is 5.60 Å². The first-order valence-corrected chi connectivity index (χ1v) is 13.3. The van der Waals surface area contributed by atoms with Crippen LogP contribution in [0, 0.1) is 11.8 Å². The second-order valence-corrected chi connectivity index (χ2v) is 11.4. The van der Waals surface area contributed by atoms with Gasteiger partial charge in [0.15, 0.2) is 0 Å². The van der Waals surface area contributed by atoms with Crippen molar-refractivity contribution < 1.29 is 5.11 Å². The lowest BCUT2D eigenvalue weighted by atomic mass is 9.67. The molecule has 34 heavy (non-hydrogen) atoms. The Balaban J connectivity index is 1.29. The van der Waals surface area contributed by atoms with Gasteiger partial charge in [0.1, 0.15) is 5.60 Å². The molecule has 0 spiro atoms. The number of rotatable bonds is 8. The summed E-state index contributed by atoms with van der Waals surface area (Å²) in [5.74, 6) is 1.07. The number of aliphatic hydroxyl groups is 1. The molecular weight excluding hydrogens is 412 g/mol. The Hall–Kier alpha value is -2.38. The Labute approximate surface area is 207 Å². The molecule has 0 radical (unpaired) electrons. The lowest BCUT2D eigenvalue weighted by molar-refractivity contribution is -0.00811. The van der Waals surface area contributed by atoms with Crippen molar-refractivity contribution in [3.63, 3.8) is 0 Å². The molecule has 1 heteroatoms. The van der Waals surface area contributed by atoms with Gasteiger partial charge in [0.25, 0.3) is 0 Å². The predicted octanol–water partition coefficient (Wildman–Crippen LogP) is 8.44. The van der Waals surface area contributed by atoms with Gasteiger partial charge in [-0.25, -0.2) is 0 Å². The van der Waals surface area contributed by atoms with Gasteiger partial charge in [-0.15, -0.1) is 0 Å². The second-order valence-electron chi connectivity index (χ2n) is 11.4. The molecule has 4 rings (SSSR count). The van der Waals surface area contributed by atoms with Crippen LogP contribution in [0.25, 0.3) is 0 Å². The fourth-order valence-electron chi connectivity index (χ4n) is 5.83. The Bertz CT molecular complexity index is 950. The number of hydrogen-bond acceptors (Lipinski definition) is 1. The summed E-state index contributed by atoms with van der Waals surface area (Å²) in [4.78, 5) is 0. The number of aryl methyl sites for hydroxylation is 1. The largest absolute Gasteiger partial charge is 0.380 e. The second kappa shape index (κ2) is 10.9. The van der Waals surface area contributed by atoms with Gasteiger partial charge in [-0.3, -0.25) is 0 Å². The maximum atomic E-state index is 12.1. The number of benzene rings is 3. The quantitative estimate of drug-likeness (QED) is 0.339. The van der Waals surface area contributed by atoms with Crippen molar-refractivity contribution in [3.8, 4) is 0 Å². The monoisotopic (exact) mass is 454 g/mol. The highest BCUT2D eigenvalue weighted by atomic mass is 16.3. The van der Waals surface area contributed by atoms with Crippen LogP contribution in [0.2, 0.25) is 0 Å². The number of hydrogen-bond donors (Lipinski definition) is 1. The van der Waals surface area contributed by atoms with Crippen LogP contribution in [0.4, 0.5) is 0 Å². The maximum Gasteiger partial charge on any atom is 0.117 e. The Morgan fingerprint density at radius 2 is 1.18 bits per heavy atom. The molecule has 0 saturated heterocycles. The van der Waals surface area contributed by atoms with Crippen LogP contribution < -0.4 is 0 Å². The number of unbranched alkanes of at least 4 members (excludes halogenated alkanes) is 1. The first-order valence-electron chi connectivity index (χ1n) is 13.3. The van der Waals surface area contributed by atoms with E-state index in [2.05, 4.69) is 69.3 Å². The minimum atomic E-state index is -0.896. The van der Waals surface area contributed by atoms with E-state index in [0.717, 1.165) is 29.9 Å². The summed E-state index contributed by atoms with van der Waals surface area (Å²) in [5.41, 5.74) is 4.27. The van der Waals surface area contributed by atoms with Crippen molar-refractivity contribution in [2.45, 2.75) is 83.2 Å². The summed E-state index contributed by atoms with van der Waals surface area (Å²) in [5, 5.41) is 12.1. The van der Waals surface area contributed by atoms with E-state index in [4.69, 9.17) is 0 Å². The molecular formula is C33H42O. The van der Waals surface area contributed by atoms with Gasteiger partial charge in [0.05, 0.1) is 0 Å². The molecule has 1 nitrogen and oxygen atoms in total. The lowest BCUT2D eigenvalue weighted by Gasteiger charge is -2.41. The molecule has 0 heterocycles. The van der Waals surface area contributed by atoms with Crippen LogP contribution in [0.15, 0.2) is 84.9 Å². The molecule has 1 aliphatic rings. The van der Waals surface area contributed by atoms with Crippen LogP contribution in [-0.2, 0) is 17.4 Å². The van der Waals surface area contributed by atoms with Crippen molar-refractivity contribution in [1.82, 2.24) is 0 Å². The maximum absolute atomic E-state index is 12.1. The third-order valence-corrected chi connectivity index (χ3v) is 8.01. The van der Waals surface area contributed by atoms with Crippen molar-refractivity contribution in [3.05, 3.63) is 107 Å².